The van der Waals surface area contributed by atoms with Crippen LogP contribution in [-0.4, -0.2) is 14.5 Å². The molecule has 2 heterocycles. The van der Waals surface area contributed by atoms with E-state index in [1.165, 1.54) is 12.1 Å². The fourth-order valence-electron chi connectivity index (χ4n) is 2.78. The number of benzene rings is 2. The van der Waals surface area contributed by atoms with Gasteiger partial charge in [0.2, 0.25) is 0 Å². The number of pyridine rings is 1. The number of hydrogen-bond donors (Lipinski definition) is 0. The normalized spacial score (nSPS) is 11.8. The average Bonchev–Trinajstić information content (AvgIpc) is 3.05. The van der Waals surface area contributed by atoms with Gasteiger partial charge in [-0.2, -0.15) is 13.2 Å². The van der Waals surface area contributed by atoms with Crippen LogP contribution in [0.15, 0.2) is 73.1 Å². The number of aromatic nitrogens is 3. The number of fused-ring (bicyclic) bond motifs is 1. The molecule has 0 bridgehead atoms. The van der Waals surface area contributed by atoms with Crippen molar-refractivity contribution in [3.8, 4) is 22.8 Å². The van der Waals surface area contributed by atoms with Crippen LogP contribution in [0.4, 0.5) is 13.2 Å². The van der Waals surface area contributed by atoms with E-state index in [1.807, 2.05) is 53.4 Å². The van der Waals surface area contributed by atoms with E-state index in [1.54, 1.807) is 0 Å². The van der Waals surface area contributed by atoms with Crippen LogP contribution in [0.1, 0.15) is 11.1 Å². The van der Waals surface area contributed by atoms with Crippen LogP contribution in [-0.2, 0) is 12.7 Å². The summed E-state index contributed by atoms with van der Waals surface area (Å²) in [6, 6.07) is 16.7. The summed E-state index contributed by atoms with van der Waals surface area (Å²) in [6.07, 6.45) is -0.612. The van der Waals surface area contributed by atoms with Gasteiger partial charge in [-0.05, 0) is 23.8 Å². The minimum Gasteiger partial charge on any atom is -0.348 e. The fourth-order valence-corrected chi connectivity index (χ4v) is 2.78. The molecule has 0 N–H and O–H groups in total. The molecular weight excluding hydrogens is 339 g/mol. The molecule has 0 aromatic heterocycles. The van der Waals surface area contributed by atoms with E-state index < -0.39 is 11.7 Å². The van der Waals surface area contributed by atoms with Crippen molar-refractivity contribution in [1.82, 2.24) is 14.5 Å². The number of imidazole rings is 1. The van der Waals surface area contributed by atoms with Gasteiger partial charge < -0.3 is 4.57 Å². The summed E-state index contributed by atoms with van der Waals surface area (Å²) in [7, 11) is 0. The first kappa shape index (κ1) is 16.3. The summed E-state index contributed by atoms with van der Waals surface area (Å²) in [5.41, 5.74) is 2.62. The molecule has 6 heteroatoms. The van der Waals surface area contributed by atoms with Crippen molar-refractivity contribution in [3.05, 3.63) is 84.2 Å². The van der Waals surface area contributed by atoms with Crippen LogP contribution in [0.3, 0.4) is 0 Å². The molecule has 2 aliphatic rings. The van der Waals surface area contributed by atoms with Crippen molar-refractivity contribution < 1.29 is 13.2 Å². The molecule has 0 amide bonds. The lowest BCUT2D eigenvalue weighted by Gasteiger charge is -2.10. The van der Waals surface area contributed by atoms with Gasteiger partial charge in [0.15, 0.2) is 5.82 Å². The molecule has 0 saturated carbocycles. The first-order chi connectivity index (χ1) is 12.5. The molecule has 0 spiro atoms. The zero-order valence-electron chi connectivity index (χ0n) is 13.6. The minimum atomic E-state index is -4.32. The van der Waals surface area contributed by atoms with Gasteiger partial charge in [0.1, 0.15) is 5.69 Å². The van der Waals surface area contributed by atoms with Gasteiger partial charge in [-0.3, -0.25) is 0 Å². The van der Waals surface area contributed by atoms with Gasteiger partial charge in [0, 0.05) is 24.5 Å². The zero-order valence-corrected chi connectivity index (χ0v) is 13.6. The topological polar surface area (TPSA) is 30.7 Å². The molecule has 130 valence electrons. The monoisotopic (exact) mass is 353 g/mol. The summed E-state index contributed by atoms with van der Waals surface area (Å²) in [4.78, 5) is 9.07. The molecular formula is C20H14F3N3. The predicted molar refractivity (Wildman–Crippen MR) is 92.6 cm³/mol. The molecule has 3 nitrogen and oxygen atoms in total. The first-order valence-corrected chi connectivity index (χ1v) is 8.04. The Balaban J connectivity index is 1.59. The van der Waals surface area contributed by atoms with Gasteiger partial charge in [-0.25, -0.2) is 9.97 Å². The van der Waals surface area contributed by atoms with Crippen LogP contribution >= 0.6 is 0 Å². The molecule has 0 unspecified atom stereocenters. The van der Waals surface area contributed by atoms with Crippen molar-refractivity contribution >= 4 is 0 Å². The summed E-state index contributed by atoms with van der Waals surface area (Å²) < 4.78 is 39.8. The Labute approximate surface area is 148 Å². The van der Waals surface area contributed by atoms with Crippen molar-refractivity contribution in [1.29, 1.82) is 0 Å². The average molecular weight is 353 g/mol. The Morgan fingerprint density at radius 1 is 0.808 bits per heavy atom. The molecule has 0 saturated heterocycles. The summed E-state index contributed by atoms with van der Waals surface area (Å²) in [5.74, 6) is 0.660. The summed E-state index contributed by atoms with van der Waals surface area (Å²) in [5, 5.41) is 0. The molecule has 0 radical (unpaired) electrons. The largest absolute Gasteiger partial charge is 0.416 e. The van der Waals surface area contributed by atoms with Gasteiger partial charge in [-0.15, -0.1) is 0 Å². The number of rotatable bonds is 3. The Morgan fingerprint density at radius 3 is 2.19 bits per heavy atom. The maximum absolute atomic E-state index is 12.6. The van der Waals surface area contributed by atoms with Crippen LogP contribution in [0.2, 0.25) is 0 Å². The maximum atomic E-state index is 12.6. The van der Waals surface area contributed by atoms with E-state index in [-0.39, 0.29) is 0 Å². The second-order valence-electron chi connectivity index (χ2n) is 6.00. The lowest BCUT2D eigenvalue weighted by Crippen LogP contribution is -2.05. The van der Waals surface area contributed by atoms with E-state index in [4.69, 9.17) is 0 Å². The Morgan fingerprint density at radius 2 is 1.50 bits per heavy atom. The molecule has 26 heavy (non-hydrogen) atoms. The van der Waals surface area contributed by atoms with E-state index in [2.05, 4.69) is 9.97 Å². The van der Waals surface area contributed by atoms with Crippen LogP contribution < -0.4 is 0 Å². The summed E-state index contributed by atoms with van der Waals surface area (Å²) in [6.45, 7) is 0.460. The van der Waals surface area contributed by atoms with Crippen molar-refractivity contribution in [2.45, 2.75) is 12.7 Å². The number of alkyl halides is 3. The van der Waals surface area contributed by atoms with Gasteiger partial charge in [0.25, 0.3) is 0 Å². The predicted octanol–water partition coefficient (Wildman–Crippen LogP) is 5.12. The second kappa shape index (κ2) is 6.29. The van der Waals surface area contributed by atoms with E-state index in [9.17, 15) is 13.2 Å². The van der Waals surface area contributed by atoms with Crippen LogP contribution in [0.5, 0.6) is 0 Å². The Hall–Kier alpha value is -3.15. The third-order valence-electron chi connectivity index (χ3n) is 4.11. The molecule has 0 atom stereocenters. The molecule has 2 aromatic carbocycles. The lowest BCUT2D eigenvalue weighted by molar-refractivity contribution is -0.137. The fraction of sp³-hybridized carbons (Fsp3) is 0.100. The van der Waals surface area contributed by atoms with Crippen LogP contribution in [0.25, 0.3) is 22.8 Å². The zero-order chi connectivity index (χ0) is 18.1. The minimum absolute atomic E-state index is 0.460. The highest BCUT2D eigenvalue weighted by Crippen LogP contribution is 2.29. The Kier molecular flexibility index (Phi) is 3.95. The first-order valence-electron chi connectivity index (χ1n) is 8.04. The lowest BCUT2D eigenvalue weighted by atomic mass is 10.1. The quantitative estimate of drug-likeness (QED) is 0.512. The third-order valence-corrected chi connectivity index (χ3v) is 4.11. The van der Waals surface area contributed by atoms with E-state index in [0.29, 0.717) is 12.4 Å². The smallest absolute Gasteiger partial charge is 0.348 e. The molecule has 0 fully saturated rings. The standard InChI is InChI=1S/C20H14F3N3/c21-20(22,23)16-8-6-14(7-9-16)12-26-11-10-17-18(13-26)25-19(24-17)15-4-2-1-3-5-15/h1-11,13H,12H2. The summed E-state index contributed by atoms with van der Waals surface area (Å²) >= 11 is 0. The van der Waals surface area contributed by atoms with Crippen molar-refractivity contribution in [2.24, 2.45) is 0 Å². The van der Waals surface area contributed by atoms with Crippen molar-refractivity contribution in [3.63, 3.8) is 0 Å². The molecule has 0 aliphatic carbocycles. The highest BCUT2D eigenvalue weighted by molar-refractivity contribution is 5.65. The van der Waals surface area contributed by atoms with Gasteiger partial charge in [0.05, 0.1) is 11.3 Å². The van der Waals surface area contributed by atoms with E-state index >= 15 is 0 Å². The number of nitrogens with zero attached hydrogens (tertiary/aromatic N) is 3. The third kappa shape index (κ3) is 3.31. The highest BCUT2D eigenvalue weighted by Gasteiger charge is 2.29. The molecule has 2 aromatic rings. The van der Waals surface area contributed by atoms with Gasteiger partial charge >= 0.3 is 6.18 Å². The Bertz CT molecular complexity index is 989. The maximum Gasteiger partial charge on any atom is 0.416 e. The molecule has 2 aliphatic heterocycles. The number of hydrogen-bond acceptors (Lipinski definition) is 2. The van der Waals surface area contributed by atoms with E-state index in [0.717, 1.165) is 34.6 Å². The van der Waals surface area contributed by atoms with Crippen molar-refractivity contribution in [2.75, 3.05) is 0 Å². The number of halogens is 3. The van der Waals surface area contributed by atoms with Gasteiger partial charge in [-0.1, -0.05) is 42.5 Å². The SMILES string of the molecule is FC(F)(F)c1ccc(Cn2ccc3nc(-c4ccccc4)nc-3c2)cc1. The molecule has 4 rings (SSSR count). The van der Waals surface area contributed by atoms with Crippen LogP contribution in [0, 0.1) is 0 Å². The second-order valence-corrected chi connectivity index (χ2v) is 6.00. The highest BCUT2D eigenvalue weighted by atomic mass is 19.4.